The van der Waals surface area contributed by atoms with Gasteiger partial charge in [0, 0.05) is 31.4 Å². The van der Waals surface area contributed by atoms with Gasteiger partial charge in [0.2, 0.25) is 17.7 Å². The third-order valence-electron chi connectivity index (χ3n) is 8.63. The van der Waals surface area contributed by atoms with Gasteiger partial charge in [-0.05, 0) is 18.8 Å². The molecule has 0 aromatic rings. The van der Waals surface area contributed by atoms with Crippen molar-refractivity contribution in [2.24, 2.45) is 17.8 Å². The molecule has 1 spiro atoms. The Morgan fingerprint density at radius 2 is 1.72 bits per heavy atom. The lowest BCUT2D eigenvalue weighted by atomic mass is 9.78. The molecule has 0 bridgehead atoms. The van der Waals surface area contributed by atoms with Crippen molar-refractivity contribution < 1.29 is 19.5 Å². The van der Waals surface area contributed by atoms with E-state index in [0.717, 1.165) is 32.1 Å². The Balaban J connectivity index is 1.80. The van der Waals surface area contributed by atoms with Crippen LogP contribution in [0.1, 0.15) is 59.8 Å². The summed E-state index contributed by atoms with van der Waals surface area (Å²) in [5, 5.41) is 10.3. The van der Waals surface area contributed by atoms with Crippen LogP contribution in [0.15, 0.2) is 24.3 Å². The number of likely N-dealkylation sites (tertiary alicyclic amines) is 1. The summed E-state index contributed by atoms with van der Waals surface area (Å²) in [6.45, 7) is 10.5. The zero-order valence-corrected chi connectivity index (χ0v) is 23.1. The van der Waals surface area contributed by atoms with Gasteiger partial charge >= 0.3 is 0 Å². The molecule has 0 aliphatic carbocycles. The van der Waals surface area contributed by atoms with E-state index in [9.17, 15) is 19.5 Å². The molecule has 0 saturated carbocycles. The van der Waals surface area contributed by atoms with Gasteiger partial charge in [-0.25, -0.2) is 0 Å². The molecule has 8 heteroatoms. The van der Waals surface area contributed by atoms with E-state index < -0.39 is 28.7 Å². The van der Waals surface area contributed by atoms with E-state index in [2.05, 4.69) is 32.1 Å². The fourth-order valence-corrected chi connectivity index (χ4v) is 8.57. The lowest BCUT2D eigenvalue weighted by molar-refractivity contribution is -0.148. The van der Waals surface area contributed by atoms with Gasteiger partial charge in [0.25, 0.3) is 0 Å². The van der Waals surface area contributed by atoms with Gasteiger partial charge in [-0.3, -0.25) is 14.4 Å². The third kappa shape index (κ3) is 4.42. The molecule has 1 unspecified atom stereocenters. The van der Waals surface area contributed by atoms with Crippen LogP contribution in [0.3, 0.4) is 0 Å². The van der Waals surface area contributed by atoms with Gasteiger partial charge in [-0.1, -0.05) is 71.3 Å². The number of nitrogens with zero attached hydrogens (tertiary/aromatic N) is 3. The monoisotopic (exact) mass is 517 g/mol. The molecule has 200 valence electrons. The van der Waals surface area contributed by atoms with Crippen LogP contribution >= 0.6 is 11.8 Å². The van der Waals surface area contributed by atoms with Gasteiger partial charge in [-0.2, -0.15) is 0 Å². The first-order valence-electron chi connectivity index (χ1n) is 13.9. The minimum Gasteiger partial charge on any atom is -0.394 e. The Morgan fingerprint density at radius 3 is 2.39 bits per heavy atom. The maximum atomic E-state index is 14.4. The Labute approximate surface area is 220 Å². The molecule has 1 N–H and O–H groups in total. The standard InChI is InChI=1S/C28H43N3O4S/c1-5-8-9-15-30-17-11-13-28-23(22-21(36-28)12-10-16-29(14-6-2)25(22)33)26(34)31(24(28)27(30)35)20(18-32)19(4)7-3/h10-13,19-24,32H,5-9,14-18H2,1-4H3/t19-,20-,21+,22-,23-,24?,28-/m0/s1. The molecule has 0 radical (unpaired) electrons. The summed E-state index contributed by atoms with van der Waals surface area (Å²) < 4.78 is -0.806. The molecular weight excluding hydrogens is 474 g/mol. The minimum atomic E-state index is -0.806. The highest BCUT2D eigenvalue weighted by molar-refractivity contribution is 8.02. The molecule has 2 fully saturated rings. The maximum absolute atomic E-state index is 14.4. The fraction of sp³-hybridized carbons (Fsp3) is 0.750. The summed E-state index contributed by atoms with van der Waals surface area (Å²) >= 11 is 1.62. The number of carbonyl (C=O) groups excluding carboxylic acids is 3. The first-order chi connectivity index (χ1) is 17.4. The zero-order valence-electron chi connectivity index (χ0n) is 22.3. The molecule has 0 aromatic heterocycles. The summed E-state index contributed by atoms with van der Waals surface area (Å²) in [4.78, 5) is 47.9. The van der Waals surface area contributed by atoms with Gasteiger partial charge in [0.15, 0.2) is 0 Å². The Morgan fingerprint density at radius 1 is 1.00 bits per heavy atom. The average molecular weight is 518 g/mol. The molecule has 36 heavy (non-hydrogen) atoms. The lowest BCUT2D eigenvalue weighted by Crippen LogP contribution is -2.57. The number of aliphatic hydroxyl groups is 1. The largest absolute Gasteiger partial charge is 0.394 e. The lowest BCUT2D eigenvalue weighted by Gasteiger charge is -2.40. The summed E-state index contributed by atoms with van der Waals surface area (Å²) in [5.41, 5.74) is 0. The van der Waals surface area contributed by atoms with Crippen molar-refractivity contribution in [2.45, 2.75) is 81.9 Å². The van der Waals surface area contributed by atoms with E-state index in [1.165, 1.54) is 0 Å². The van der Waals surface area contributed by atoms with Crippen molar-refractivity contribution in [3.63, 3.8) is 0 Å². The van der Waals surface area contributed by atoms with E-state index in [1.54, 1.807) is 16.7 Å². The molecule has 7 atom stereocenters. The van der Waals surface area contributed by atoms with Crippen LogP contribution in [0, 0.1) is 17.8 Å². The minimum absolute atomic E-state index is 0.0177. The number of hydrogen-bond acceptors (Lipinski definition) is 5. The second-order valence-electron chi connectivity index (χ2n) is 10.8. The van der Waals surface area contributed by atoms with E-state index in [-0.39, 0.29) is 35.5 Å². The Hall–Kier alpha value is -1.80. The van der Waals surface area contributed by atoms with Gasteiger partial charge in [0.1, 0.15) is 6.04 Å². The number of hydrogen-bond donors (Lipinski definition) is 1. The maximum Gasteiger partial charge on any atom is 0.247 e. The summed E-state index contributed by atoms with van der Waals surface area (Å²) in [6.07, 6.45) is 12.9. The van der Waals surface area contributed by atoms with Gasteiger partial charge in [0.05, 0.1) is 29.2 Å². The van der Waals surface area contributed by atoms with Crippen molar-refractivity contribution in [2.75, 3.05) is 32.8 Å². The SMILES string of the molecule is CCCCCN1CC=C[C@]23S[C@@H]4C=CCN(CCC)C(=O)[C@@H]4[C@H]2C(=O)N([C@@H](CO)[C@@H](C)CC)C3C1=O. The molecule has 4 aliphatic heterocycles. The topological polar surface area (TPSA) is 81.2 Å². The van der Waals surface area contributed by atoms with Gasteiger partial charge in [-0.15, -0.1) is 11.8 Å². The van der Waals surface area contributed by atoms with Crippen LogP contribution < -0.4 is 0 Å². The number of fused-ring (bicyclic) bond motifs is 2. The second kappa shape index (κ2) is 11.3. The predicted octanol–water partition coefficient (Wildman–Crippen LogP) is 3.09. The number of rotatable bonds is 10. The summed E-state index contributed by atoms with van der Waals surface area (Å²) in [6, 6.07) is -1.16. The first-order valence-corrected chi connectivity index (χ1v) is 14.8. The third-order valence-corrected chi connectivity index (χ3v) is 10.4. The molecule has 0 aromatic carbocycles. The van der Waals surface area contributed by atoms with Crippen molar-refractivity contribution in [3.05, 3.63) is 24.3 Å². The second-order valence-corrected chi connectivity index (χ2v) is 12.3. The number of thioether (sulfide) groups is 1. The number of carbonyl (C=O) groups is 3. The normalized spacial score (nSPS) is 33.4. The molecular formula is C28H43N3O4S. The van der Waals surface area contributed by atoms with Crippen LogP contribution in [0.4, 0.5) is 0 Å². The van der Waals surface area contributed by atoms with E-state index in [1.807, 2.05) is 29.7 Å². The quantitative estimate of drug-likeness (QED) is 0.356. The highest BCUT2D eigenvalue weighted by Gasteiger charge is 2.71. The Bertz CT molecular complexity index is 907. The first kappa shape index (κ1) is 27.2. The van der Waals surface area contributed by atoms with Crippen molar-refractivity contribution in [1.29, 1.82) is 0 Å². The average Bonchev–Trinajstić information content (AvgIpc) is 3.19. The predicted molar refractivity (Wildman–Crippen MR) is 143 cm³/mol. The van der Waals surface area contributed by atoms with Crippen LogP contribution in [-0.2, 0) is 14.4 Å². The van der Waals surface area contributed by atoms with Crippen LogP contribution in [0.25, 0.3) is 0 Å². The van der Waals surface area contributed by atoms with E-state index in [0.29, 0.717) is 26.2 Å². The van der Waals surface area contributed by atoms with Crippen LogP contribution in [0.5, 0.6) is 0 Å². The molecule has 3 amide bonds. The van der Waals surface area contributed by atoms with Crippen molar-refractivity contribution >= 4 is 29.5 Å². The zero-order chi connectivity index (χ0) is 26.0. The molecule has 4 heterocycles. The number of aliphatic hydroxyl groups excluding tert-OH is 1. The number of amides is 3. The van der Waals surface area contributed by atoms with E-state index >= 15 is 0 Å². The molecule has 2 saturated heterocycles. The van der Waals surface area contributed by atoms with Crippen LogP contribution in [0.2, 0.25) is 0 Å². The summed E-state index contributed by atoms with van der Waals surface area (Å²) in [7, 11) is 0. The van der Waals surface area contributed by atoms with E-state index in [4.69, 9.17) is 0 Å². The van der Waals surface area contributed by atoms with Crippen molar-refractivity contribution in [3.8, 4) is 0 Å². The Kier molecular flexibility index (Phi) is 8.55. The fourth-order valence-electron chi connectivity index (χ4n) is 6.57. The van der Waals surface area contributed by atoms with Crippen LogP contribution in [-0.4, -0.2) is 92.4 Å². The van der Waals surface area contributed by atoms with Gasteiger partial charge < -0.3 is 19.8 Å². The highest BCUT2D eigenvalue weighted by atomic mass is 32.2. The smallest absolute Gasteiger partial charge is 0.247 e. The van der Waals surface area contributed by atoms with Crippen molar-refractivity contribution in [1.82, 2.24) is 14.7 Å². The highest BCUT2D eigenvalue weighted by Crippen LogP contribution is 2.61. The number of unbranched alkanes of at least 4 members (excludes halogenated alkanes) is 2. The molecule has 4 rings (SSSR count). The molecule has 4 aliphatic rings. The summed E-state index contributed by atoms with van der Waals surface area (Å²) in [5.74, 6) is -1.25. The molecule has 7 nitrogen and oxygen atoms in total.